The summed E-state index contributed by atoms with van der Waals surface area (Å²) in [7, 11) is 0. The highest BCUT2D eigenvalue weighted by molar-refractivity contribution is 5.81. The summed E-state index contributed by atoms with van der Waals surface area (Å²) < 4.78 is 15.5. The van der Waals surface area contributed by atoms with Crippen molar-refractivity contribution in [2.45, 2.75) is 39.3 Å². The molecule has 5 rings (SSSR count). The van der Waals surface area contributed by atoms with Crippen LogP contribution in [0.4, 0.5) is 4.39 Å². The van der Waals surface area contributed by atoms with Gasteiger partial charge in [0, 0.05) is 32.0 Å². The van der Waals surface area contributed by atoms with Crippen molar-refractivity contribution in [2.24, 2.45) is 0 Å². The van der Waals surface area contributed by atoms with Crippen LogP contribution in [-0.4, -0.2) is 26.9 Å². The normalized spacial score (nSPS) is 16.3. The van der Waals surface area contributed by atoms with Crippen LogP contribution in [0.25, 0.3) is 11.0 Å². The molecule has 0 spiro atoms. The third kappa shape index (κ3) is 3.91. The lowest BCUT2D eigenvalue weighted by molar-refractivity contribution is -0.128. The molecule has 5 heteroatoms. The lowest BCUT2D eigenvalue weighted by Crippen LogP contribution is -2.24. The Bertz CT molecular complexity index is 1290. The Kier molecular flexibility index (Phi) is 5.25. The molecule has 1 atom stereocenters. The molecule has 1 amide bonds. The standard InChI is InChI=1S/C27H26FN3O/c1-18-7-8-19(2)21(13-18)17-31-25-6-4-3-5-24(25)29-27(31)22-14-26(32)30(16-22)15-20-9-11-23(28)12-10-20/h3-13,22H,14-17H2,1-2H3. The topological polar surface area (TPSA) is 38.1 Å². The molecule has 4 aromatic rings. The van der Waals surface area contributed by atoms with Crippen molar-refractivity contribution in [1.82, 2.24) is 14.5 Å². The van der Waals surface area contributed by atoms with E-state index >= 15 is 0 Å². The molecule has 1 aromatic heterocycles. The lowest BCUT2D eigenvalue weighted by atomic mass is 10.0. The van der Waals surface area contributed by atoms with Gasteiger partial charge in [0.2, 0.25) is 5.91 Å². The van der Waals surface area contributed by atoms with Crippen molar-refractivity contribution in [3.63, 3.8) is 0 Å². The average Bonchev–Trinajstić information content (AvgIpc) is 3.33. The number of hydrogen-bond acceptors (Lipinski definition) is 2. The Hall–Kier alpha value is -3.47. The Morgan fingerprint density at radius 2 is 1.78 bits per heavy atom. The van der Waals surface area contributed by atoms with Crippen molar-refractivity contribution in [3.05, 3.63) is 101 Å². The van der Waals surface area contributed by atoms with Crippen LogP contribution in [-0.2, 0) is 17.9 Å². The number of hydrogen-bond donors (Lipinski definition) is 0. The fourth-order valence-corrected chi connectivity index (χ4v) is 4.62. The maximum atomic E-state index is 13.2. The van der Waals surface area contributed by atoms with Crippen molar-refractivity contribution in [3.8, 4) is 0 Å². The van der Waals surface area contributed by atoms with E-state index < -0.39 is 0 Å². The summed E-state index contributed by atoms with van der Waals surface area (Å²) >= 11 is 0. The van der Waals surface area contributed by atoms with Gasteiger partial charge < -0.3 is 9.47 Å². The van der Waals surface area contributed by atoms with Crippen LogP contribution in [0.15, 0.2) is 66.7 Å². The predicted octanol–water partition coefficient (Wildman–Crippen LogP) is 5.36. The van der Waals surface area contributed by atoms with E-state index in [4.69, 9.17) is 4.98 Å². The van der Waals surface area contributed by atoms with Gasteiger partial charge in [-0.1, -0.05) is 48.0 Å². The van der Waals surface area contributed by atoms with Gasteiger partial charge in [0.05, 0.1) is 11.0 Å². The summed E-state index contributed by atoms with van der Waals surface area (Å²) in [5.74, 6) is 0.840. The number of halogens is 1. The summed E-state index contributed by atoms with van der Waals surface area (Å²) in [4.78, 5) is 19.7. The molecule has 2 heterocycles. The Balaban J connectivity index is 1.47. The van der Waals surface area contributed by atoms with Crippen molar-refractivity contribution < 1.29 is 9.18 Å². The molecule has 0 aliphatic carbocycles. The van der Waals surface area contributed by atoms with E-state index in [2.05, 4.69) is 42.7 Å². The van der Waals surface area contributed by atoms with E-state index in [0.29, 0.717) is 19.5 Å². The molecule has 0 radical (unpaired) electrons. The Labute approximate surface area is 187 Å². The second-order valence-electron chi connectivity index (χ2n) is 8.78. The highest BCUT2D eigenvalue weighted by atomic mass is 19.1. The summed E-state index contributed by atoms with van der Waals surface area (Å²) in [5, 5.41) is 0. The zero-order valence-electron chi connectivity index (χ0n) is 18.4. The molecule has 1 saturated heterocycles. The number of carbonyl (C=O) groups excluding carboxylic acids is 1. The van der Waals surface area contributed by atoms with Crippen LogP contribution < -0.4 is 0 Å². The van der Waals surface area contributed by atoms with Gasteiger partial charge in [-0.15, -0.1) is 0 Å². The predicted molar refractivity (Wildman–Crippen MR) is 124 cm³/mol. The molecule has 0 saturated carbocycles. The zero-order valence-corrected chi connectivity index (χ0v) is 18.4. The molecule has 162 valence electrons. The maximum Gasteiger partial charge on any atom is 0.223 e. The SMILES string of the molecule is Cc1ccc(C)c(Cn2c(C3CC(=O)N(Cc4ccc(F)cc4)C3)nc3ccccc32)c1. The molecule has 4 nitrogen and oxygen atoms in total. The minimum absolute atomic E-state index is 0.0282. The number of nitrogens with zero attached hydrogens (tertiary/aromatic N) is 3. The molecular weight excluding hydrogens is 401 g/mol. The first-order chi connectivity index (χ1) is 15.5. The lowest BCUT2D eigenvalue weighted by Gasteiger charge is -2.18. The molecule has 0 N–H and O–H groups in total. The van der Waals surface area contributed by atoms with E-state index in [1.54, 1.807) is 12.1 Å². The molecule has 1 fully saturated rings. The minimum Gasteiger partial charge on any atom is -0.338 e. The fraction of sp³-hybridized carbons (Fsp3) is 0.259. The third-order valence-electron chi connectivity index (χ3n) is 6.38. The van der Waals surface area contributed by atoms with Crippen LogP contribution >= 0.6 is 0 Å². The number of aromatic nitrogens is 2. The van der Waals surface area contributed by atoms with Gasteiger partial charge in [0.1, 0.15) is 11.6 Å². The highest BCUT2D eigenvalue weighted by Gasteiger charge is 2.34. The molecule has 0 bridgehead atoms. The summed E-state index contributed by atoms with van der Waals surface area (Å²) in [5.41, 5.74) is 6.73. The van der Waals surface area contributed by atoms with Gasteiger partial charge in [-0.25, -0.2) is 9.37 Å². The number of imidazole rings is 1. The monoisotopic (exact) mass is 427 g/mol. The summed E-state index contributed by atoms with van der Waals surface area (Å²) in [6.45, 7) is 6.08. The van der Waals surface area contributed by atoms with Crippen LogP contribution in [0.3, 0.4) is 0 Å². The summed E-state index contributed by atoms with van der Waals surface area (Å²) in [6, 6.07) is 21.1. The molecule has 3 aromatic carbocycles. The first-order valence-corrected chi connectivity index (χ1v) is 11.0. The first kappa shape index (κ1) is 20.4. The number of carbonyl (C=O) groups is 1. The van der Waals surface area contributed by atoms with E-state index in [-0.39, 0.29) is 17.6 Å². The van der Waals surface area contributed by atoms with Crippen molar-refractivity contribution >= 4 is 16.9 Å². The number of rotatable bonds is 5. The van der Waals surface area contributed by atoms with E-state index in [0.717, 1.165) is 29.0 Å². The third-order valence-corrected chi connectivity index (χ3v) is 6.38. The molecule has 1 aliphatic heterocycles. The second kappa shape index (κ2) is 8.23. The number of aryl methyl sites for hydroxylation is 2. The van der Waals surface area contributed by atoms with E-state index in [9.17, 15) is 9.18 Å². The molecule has 1 aliphatic rings. The van der Waals surface area contributed by atoms with Gasteiger partial charge in [0.15, 0.2) is 0 Å². The van der Waals surface area contributed by atoms with Crippen molar-refractivity contribution in [2.75, 3.05) is 6.54 Å². The number of para-hydroxylation sites is 2. The Morgan fingerprint density at radius 3 is 2.59 bits per heavy atom. The highest BCUT2D eigenvalue weighted by Crippen LogP contribution is 2.32. The van der Waals surface area contributed by atoms with Crippen LogP contribution in [0.2, 0.25) is 0 Å². The Morgan fingerprint density at radius 1 is 1.00 bits per heavy atom. The van der Waals surface area contributed by atoms with Gasteiger partial charge in [0.25, 0.3) is 0 Å². The first-order valence-electron chi connectivity index (χ1n) is 11.0. The quantitative estimate of drug-likeness (QED) is 0.430. The number of amides is 1. The average molecular weight is 428 g/mol. The zero-order chi connectivity index (χ0) is 22.2. The number of benzene rings is 3. The smallest absolute Gasteiger partial charge is 0.223 e. The van der Waals surface area contributed by atoms with Gasteiger partial charge in [-0.2, -0.15) is 0 Å². The minimum atomic E-state index is -0.264. The van der Waals surface area contributed by atoms with E-state index in [1.165, 1.54) is 28.8 Å². The molecule has 32 heavy (non-hydrogen) atoms. The van der Waals surface area contributed by atoms with E-state index in [1.807, 2.05) is 23.1 Å². The van der Waals surface area contributed by atoms with Crippen LogP contribution in [0, 0.1) is 19.7 Å². The number of likely N-dealkylation sites (tertiary alicyclic amines) is 1. The fourth-order valence-electron chi connectivity index (χ4n) is 4.62. The van der Waals surface area contributed by atoms with Gasteiger partial charge in [-0.3, -0.25) is 4.79 Å². The molecular formula is C27H26FN3O. The van der Waals surface area contributed by atoms with Crippen LogP contribution in [0.1, 0.15) is 40.4 Å². The second-order valence-corrected chi connectivity index (χ2v) is 8.78. The van der Waals surface area contributed by atoms with Crippen LogP contribution in [0.5, 0.6) is 0 Å². The maximum absolute atomic E-state index is 13.2. The summed E-state index contributed by atoms with van der Waals surface area (Å²) in [6.07, 6.45) is 0.442. The largest absolute Gasteiger partial charge is 0.338 e. The number of fused-ring (bicyclic) bond motifs is 1. The van der Waals surface area contributed by atoms with Crippen molar-refractivity contribution in [1.29, 1.82) is 0 Å². The van der Waals surface area contributed by atoms with Gasteiger partial charge in [-0.05, 0) is 54.8 Å². The molecule has 1 unspecified atom stereocenters. The van der Waals surface area contributed by atoms with Gasteiger partial charge >= 0.3 is 0 Å².